The second-order valence-corrected chi connectivity index (χ2v) is 11.3. The summed E-state index contributed by atoms with van der Waals surface area (Å²) in [7, 11) is 0. The minimum atomic E-state index is -1.75. The first kappa shape index (κ1) is 27.3. The first-order chi connectivity index (χ1) is 18.0. The van der Waals surface area contributed by atoms with E-state index < -0.39 is 40.8 Å². The monoisotopic (exact) mass is 579 g/mol. The zero-order valence-electron chi connectivity index (χ0n) is 19.9. The van der Waals surface area contributed by atoms with Gasteiger partial charge in [0.2, 0.25) is 5.60 Å². The van der Waals surface area contributed by atoms with Crippen LogP contribution in [0.2, 0.25) is 0 Å². The van der Waals surface area contributed by atoms with E-state index in [9.17, 15) is 29.4 Å². The quantitative estimate of drug-likeness (QED) is 0.100. The normalized spacial score (nSPS) is 19.5. The number of carbonyl (C=O) groups is 4. The van der Waals surface area contributed by atoms with E-state index >= 15 is 0 Å². The number of carboxylic acids is 2. The Hall–Kier alpha value is -3.70. The molecule has 17 heteroatoms. The van der Waals surface area contributed by atoms with Crippen LogP contribution < -0.4 is 11.1 Å². The number of fused-ring (bicyclic) bond motifs is 1. The SMILES string of the molecule is CC(C)(O/N=C(\C(=O)NC1C(=O)N2C(C(=O)O)=C(CSc3ncccn3)CSC12)c1csc(N)n1)C(=O)O. The molecule has 2 aromatic rings. The van der Waals surface area contributed by atoms with Gasteiger partial charge in [0.25, 0.3) is 11.8 Å². The molecule has 0 spiro atoms. The van der Waals surface area contributed by atoms with Gasteiger partial charge in [0, 0.05) is 29.3 Å². The van der Waals surface area contributed by atoms with Gasteiger partial charge in [0.15, 0.2) is 16.0 Å². The number of carboxylic acid groups (broad SMARTS) is 2. The molecule has 200 valence electrons. The number of oxime groups is 1. The highest BCUT2D eigenvalue weighted by atomic mass is 32.2. The fraction of sp³-hybridized carbons (Fsp3) is 0.333. The summed E-state index contributed by atoms with van der Waals surface area (Å²) in [5.41, 5.74) is 3.94. The molecule has 2 atom stereocenters. The standard InChI is InChI=1S/C21H21N7O7S3/c1-21(2,18(33)34)35-27-11(10-8-37-19(22)25-10)14(29)26-12-15(30)28-13(17(31)32)9(6-36-16(12)28)7-38-20-23-4-3-5-24-20/h3-5,8,12,16H,6-7H2,1-2H3,(H2,22,25)(H,26,29)(H,31,32)(H,33,34)/b27-11-. The summed E-state index contributed by atoms with van der Waals surface area (Å²) in [6.07, 6.45) is 3.15. The van der Waals surface area contributed by atoms with Crippen molar-refractivity contribution in [1.82, 2.24) is 25.2 Å². The van der Waals surface area contributed by atoms with Gasteiger partial charge >= 0.3 is 11.9 Å². The number of hydrogen-bond donors (Lipinski definition) is 4. The molecule has 2 aliphatic heterocycles. The van der Waals surface area contributed by atoms with Gasteiger partial charge in [-0.3, -0.25) is 14.5 Å². The summed E-state index contributed by atoms with van der Waals surface area (Å²) >= 11 is 3.57. The number of nitrogens with one attached hydrogen (secondary N) is 1. The number of thioether (sulfide) groups is 2. The van der Waals surface area contributed by atoms with Crippen molar-refractivity contribution in [3.63, 3.8) is 0 Å². The highest BCUT2D eigenvalue weighted by molar-refractivity contribution is 8.01. The molecule has 4 rings (SSSR count). The molecular formula is C21H21N7O7S3. The highest BCUT2D eigenvalue weighted by Gasteiger charge is 2.54. The summed E-state index contributed by atoms with van der Waals surface area (Å²) < 4.78 is 0. The topological polar surface area (TPSA) is 210 Å². The first-order valence-electron chi connectivity index (χ1n) is 10.8. The van der Waals surface area contributed by atoms with Crippen LogP contribution in [0.25, 0.3) is 0 Å². The van der Waals surface area contributed by atoms with E-state index in [1.165, 1.54) is 42.8 Å². The first-order valence-corrected chi connectivity index (χ1v) is 13.7. The van der Waals surface area contributed by atoms with E-state index in [1.807, 2.05) is 0 Å². The summed E-state index contributed by atoms with van der Waals surface area (Å²) in [6.45, 7) is 2.49. The molecule has 4 heterocycles. The second-order valence-electron chi connectivity index (χ2n) is 8.36. The highest BCUT2D eigenvalue weighted by Crippen LogP contribution is 2.41. The predicted molar refractivity (Wildman–Crippen MR) is 138 cm³/mol. The smallest absolute Gasteiger partial charge is 0.352 e. The van der Waals surface area contributed by atoms with E-state index in [-0.39, 0.29) is 28.0 Å². The van der Waals surface area contributed by atoms with E-state index in [0.29, 0.717) is 16.5 Å². The number of rotatable bonds is 10. The number of aromatic nitrogens is 3. The Bertz CT molecular complexity index is 1350. The zero-order chi connectivity index (χ0) is 27.6. The van der Waals surface area contributed by atoms with Gasteiger partial charge in [-0.15, -0.1) is 23.1 Å². The summed E-state index contributed by atoms with van der Waals surface area (Å²) in [5, 5.41) is 26.8. The van der Waals surface area contributed by atoms with E-state index in [0.717, 1.165) is 16.2 Å². The predicted octanol–water partition coefficient (Wildman–Crippen LogP) is 0.630. The van der Waals surface area contributed by atoms with Gasteiger partial charge in [-0.2, -0.15) is 0 Å². The molecule has 2 aromatic heterocycles. The number of β-lactam (4-membered cyclic amide) rings is 1. The third-order valence-corrected chi connectivity index (χ3v) is 8.29. The average Bonchev–Trinajstić information content (AvgIpc) is 3.31. The van der Waals surface area contributed by atoms with Crippen molar-refractivity contribution in [2.45, 2.75) is 36.0 Å². The third kappa shape index (κ3) is 5.58. The minimum Gasteiger partial charge on any atom is -0.478 e. The van der Waals surface area contributed by atoms with Crippen LogP contribution in [-0.4, -0.2) is 88.1 Å². The van der Waals surface area contributed by atoms with Crippen LogP contribution in [0.5, 0.6) is 0 Å². The van der Waals surface area contributed by atoms with Crippen LogP contribution in [0.3, 0.4) is 0 Å². The summed E-state index contributed by atoms with van der Waals surface area (Å²) in [5.74, 6) is -3.48. The van der Waals surface area contributed by atoms with Gasteiger partial charge in [-0.05, 0) is 25.5 Å². The number of aliphatic carboxylic acids is 2. The van der Waals surface area contributed by atoms with Crippen LogP contribution in [0.4, 0.5) is 5.13 Å². The van der Waals surface area contributed by atoms with Gasteiger partial charge in [0.05, 0.1) is 0 Å². The van der Waals surface area contributed by atoms with Crippen molar-refractivity contribution in [2.75, 3.05) is 17.2 Å². The summed E-state index contributed by atoms with van der Waals surface area (Å²) in [6, 6.07) is 0.612. The van der Waals surface area contributed by atoms with Crippen molar-refractivity contribution in [1.29, 1.82) is 0 Å². The molecule has 0 saturated carbocycles. The van der Waals surface area contributed by atoms with E-state index in [4.69, 9.17) is 10.6 Å². The van der Waals surface area contributed by atoms with Crippen LogP contribution in [0.15, 0.2) is 45.4 Å². The second kappa shape index (κ2) is 11.0. The number of nitrogen functional groups attached to an aromatic ring is 1. The van der Waals surface area contributed by atoms with Gasteiger partial charge in [-0.25, -0.2) is 24.5 Å². The molecule has 14 nitrogen and oxygen atoms in total. The Balaban J connectivity index is 1.52. The molecule has 2 amide bonds. The lowest BCUT2D eigenvalue weighted by atomic mass is 10.0. The number of carbonyl (C=O) groups excluding carboxylic acids is 2. The van der Waals surface area contributed by atoms with E-state index in [2.05, 4.69) is 25.4 Å². The molecule has 1 saturated heterocycles. The third-order valence-electron chi connectivity index (χ3n) is 5.31. The number of nitrogens with two attached hydrogens (primary N) is 1. The van der Waals surface area contributed by atoms with Crippen LogP contribution in [0, 0.1) is 0 Å². The Labute approximate surface area is 227 Å². The molecule has 2 unspecified atom stereocenters. The van der Waals surface area contributed by atoms with Crippen molar-refractivity contribution in [2.24, 2.45) is 5.16 Å². The van der Waals surface area contributed by atoms with Gasteiger partial charge in [-0.1, -0.05) is 16.9 Å². The number of hydrogen-bond acceptors (Lipinski definition) is 13. The molecule has 2 aliphatic rings. The lowest BCUT2D eigenvalue weighted by Crippen LogP contribution is -2.71. The number of nitrogens with zero attached hydrogens (tertiary/aromatic N) is 5. The van der Waals surface area contributed by atoms with Crippen molar-refractivity contribution >= 4 is 69.5 Å². The maximum atomic E-state index is 13.1. The average molecular weight is 580 g/mol. The Morgan fingerprint density at radius 2 is 2.03 bits per heavy atom. The lowest BCUT2D eigenvalue weighted by molar-refractivity contribution is -0.161. The van der Waals surface area contributed by atoms with Crippen molar-refractivity contribution in [3.05, 3.63) is 40.8 Å². The fourth-order valence-corrected chi connectivity index (χ4v) is 6.15. The molecule has 0 bridgehead atoms. The molecule has 1 fully saturated rings. The number of amides is 2. The maximum absolute atomic E-state index is 13.1. The summed E-state index contributed by atoms with van der Waals surface area (Å²) in [4.78, 5) is 68.0. The molecule has 0 radical (unpaired) electrons. The molecule has 5 N–H and O–H groups in total. The van der Waals surface area contributed by atoms with Crippen molar-refractivity contribution < 1.29 is 34.2 Å². The van der Waals surface area contributed by atoms with Crippen LogP contribution in [0.1, 0.15) is 19.5 Å². The zero-order valence-corrected chi connectivity index (χ0v) is 22.3. The number of thiazole rings is 1. The molecule has 0 aliphatic carbocycles. The van der Waals surface area contributed by atoms with Crippen molar-refractivity contribution in [3.8, 4) is 0 Å². The minimum absolute atomic E-state index is 0.0275. The van der Waals surface area contributed by atoms with Crippen LogP contribution >= 0.6 is 34.9 Å². The van der Waals surface area contributed by atoms with E-state index in [1.54, 1.807) is 18.5 Å². The fourth-order valence-electron chi connectivity index (χ4n) is 3.32. The largest absolute Gasteiger partial charge is 0.478 e. The lowest BCUT2D eigenvalue weighted by Gasteiger charge is -2.49. The molecular weight excluding hydrogens is 558 g/mol. The van der Waals surface area contributed by atoms with Crippen LogP contribution in [-0.2, 0) is 24.0 Å². The number of anilines is 1. The molecule has 38 heavy (non-hydrogen) atoms. The maximum Gasteiger partial charge on any atom is 0.352 e. The Morgan fingerprint density at radius 3 is 2.63 bits per heavy atom. The van der Waals surface area contributed by atoms with Gasteiger partial charge in [0.1, 0.15) is 22.8 Å². The Kier molecular flexibility index (Phi) is 7.89. The van der Waals surface area contributed by atoms with Gasteiger partial charge < -0.3 is 26.1 Å². The Morgan fingerprint density at radius 1 is 1.32 bits per heavy atom. The molecule has 0 aromatic carbocycles.